The van der Waals surface area contributed by atoms with E-state index in [-0.39, 0.29) is 11.9 Å². The van der Waals surface area contributed by atoms with Gasteiger partial charge in [-0.1, -0.05) is 55.5 Å². The molecule has 1 atom stereocenters. The van der Waals surface area contributed by atoms with E-state index in [2.05, 4.69) is 17.1 Å². The molecule has 1 unspecified atom stereocenters. The van der Waals surface area contributed by atoms with Crippen molar-refractivity contribution in [2.45, 2.75) is 25.9 Å². The molecule has 0 aliphatic carbocycles. The summed E-state index contributed by atoms with van der Waals surface area (Å²) >= 11 is 0. The number of H-pyrrole nitrogens is 1. The van der Waals surface area contributed by atoms with E-state index in [1.807, 2.05) is 77.7 Å². The Bertz CT molecular complexity index is 1350. The number of nitrogens with one attached hydrogen (secondary N) is 1. The number of benzene rings is 3. The van der Waals surface area contributed by atoms with Gasteiger partial charge in [-0.05, 0) is 41.8 Å². The molecule has 1 aliphatic heterocycles. The van der Waals surface area contributed by atoms with Crippen LogP contribution in [0.2, 0.25) is 0 Å². The van der Waals surface area contributed by atoms with E-state index in [1.165, 1.54) is 0 Å². The Kier molecular flexibility index (Phi) is 6.62. The molecule has 0 spiro atoms. The molecule has 7 nitrogen and oxygen atoms in total. The first-order chi connectivity index (χ1) is 17.6. The van der Waals surface area contributed by atoms with Crippen molar-refractivity contribution in [1.29, 1.82) is 0 Å². The largest absolute Gasteiger partial charge is 0.497 e. The van der Waals surface area contributed by atoms with E-state index in [4.69, 9.17) is 14.2 Å². The highest BCUT2D eigenvalue weighted by molar-refractivity contribution is 6.00. The Hall–Kier alpha value is -4.26. The summed E-state index contributed by atoms with van der Waals surface area (Å²) in [7, 11) is 3.27. The molecular weight excluding hydrogens is 454 g/mol. The van der Waals surface area contributed by atoms with Crippen molar-refractivity contribution in [1.82, 2.24) is 15.1 Å². The molecule has 4 aromatic rings. The van der Waals surface area contributed by atoms with Gasteiger partial charge in [0.15, 0.2) is 11.5 Å². The molecule has 0 fully saturated rings. The molecule has 184 valence electrons. The van der Waals surface area contributed by atoms with Gasteiger partial charge in [0.05, 0.1) is 32.6 Å². The zero-order valence-corrected chi connectivity index (χ0v) is 20.7. The summed E-state index contributed by atoms with van der Waals surface area (Å²) < 4.78 is 16.8. The molecule has 1 N–H and O–H groups in total. The van der Waals surface area contributed by atoms with E-state index in [1.54, 1.807) is 14.2 Å². The monoisotopic (exact) mass is 483 g/mol. The molecule has 0 radical (unpaired) electrons. The Morgan fingerprint density at radius 3 is 2.42 bits per heavy atom. The number of fused-ring (bicyclic) bond motifs is 1. The minimum atomic E-state index is -0.349. The molecule has 0 saturated heterocycles. The predicted octanol–water partition coefficient (Wildman–Crippen LogP) is 5.63. The van der Waals surface area contributed by atoms with Crippen molar-refractivity contribution in [2.75, 3.05) is 20.8 Å². The smallest absolute Gasteiger partial charge is 0.273 e. The summed E-state index contributed by atoms with van der Waals surface area (Å²) in [4.78, 5) is 15.6. The number of aromatic nitrogens is 2. The van der Waals surface area contributed by atoms with Crippen LogP contribution >= 0.6 is 0 Å². The zero-order chi connectivity index (χ0) is 25.1. The fourth-order valence-corrected chi connectivity index (χ4v) is 4.64. The molecular formula is C29H29N3O4. The Balaban J connectivity index is 1.60. The van der Waals surface area contributed by atoms with Gasteiger partial charge in [0, 0.05) is 17.7 Å². The molecule has 1 aromatic heterocycles. The van der Waals surface area contributed by atoms with Crippen LogP contribution in [0.4, 0.5) is 0 Å². The second kappa shape index (κ2) is 10.2. The molecule has 1 amide bonds. The van der Waals surface area contributed by atoms with Gasteiger partial charge < -0.3 is 19.1 Å². The Morgan fingerprint density at radius 1 is 0.944 bits per heavy atom. The fourth-order valence-electron chi connectivity index (χ4n) is 4.64. The van der Waals surface area contributed by atoms with Crippen LogP contribution in [0.1, 0.15) is 46.6 Å². The van der Waals surface area contributed by atoms with Gasteiger partial charge in [0.1, 0.15) is 11.4 Å². The number of carbonyl (C=O) groups excluding carboxylic acids is 1. The van der Waals surface area contributed by atoms with Crippen LogP contribution in [0, 0.1) is 0 Å². The van der Waals surface area contributed by atoms with E-state index >= 15 is 0 Å². The molecule has 2 heterocycles. The molecule has 5 rings (SSSR count). The van der Waals surface area contributed by atoms with Crippen molar-refractivity contribution in [3.8, 4) is 28.5 Å². The molecule has 0 bridgehead atoms. The SMILES string of the molecule is CCCOc1ccc(C2c3c(-c4ccccc4)n[nH]c3C(=O)N2Cc2ccc(OC)cc2)cc1OC. The lowest BCUT2D eigenvalue weighted by atomic mass is 9.95. The summed E-state index contributed by atoms with van der Waals surface area (Å²) in [6.07, 6.45) is 0.899. The number of carbonyl (C=O) groups is 1. The molecule has 7 heteroatoms. The lowest BCUT2D eigenvalue weighted by molar-refractivity contribution is 0.0730. The molecule has 0 saturated carbocycles. The first-order valence-corrected chi connectivity index (χ1v) is 12.0. The minimum absolute atomic E-state index is 0.0919. The predicted molar refractivity (Wildman–Crippen MR) is 138 cm³/mol. The zero-order valence-electron chi connectivity index (χ0n) is 20.7. The van der Waals surface area contributed by atoms with Gasteiger partial charge in [-0.2, -0.15) is 5.10 Å². The second-order valence-electron chi connectivity index (χ2n) is 8.67. The second-order valence-corrected chi connectivity index (χ2v) is 8.67. The fraction of sp³-hybridized carbons (Fsp3) is 0.241. The van der Waals surface area contributed by atoms with Crippen LogP contribution in [-0.4, -0.2) is 41.8 Å². The number of ether oxygens (including phenoxy) is 3. The normalized spacial score (nSPS) is 14.6. The topological polar surface area (TPSA) is 76.7 Å². The number of rotatable bonds is 9. The number of hydrogen-bond donors (Lipinski definition) is 1. The third kappa shape index (κ3) is 4.28. The third-order valence-corrected chi connectivity index (χ3v) is 6.39. The maximum Gasteiger partial charge on any atom is 0.273 e. The standard InChI is InChI=1S/C29H29N3O4/c1-4-16-36-23-15-12-21(17-24(23)35-3)28-25-26(20-8-6-5-7-9-20)30-31-27(25)29(33)32(28)18-19-10-13-22(34-2)14-11-19/h5-15,17,28H,4,16,18H2,1-3H3,(H,30,31). The van der Waals surface area contributed by atoms with Crippen molar-refractivity contribution in [3.63, 3.8) is 0 Å². The molecule has 3 aromatic carbocycles. The quantitative estimate of drug-likeness (QED) is 0.334. The Labute approximate surface area is 210 Å². The van der Waals surface area contributed by atoms with Crippen molar-refractivity contribution in [2.24, 2.45) is 0 Å². The third-order valence-electron chi connectivity index (χ3n) is 6.39. The van der Waals surface area contributed by atoms with Crippen LogP contribution in [0.15, 0.2) is 72.8 Å². The average Bonchev–Trinajstić information content (AvgIpc) is 3.47. The lowest BCUT2D eigenvalue weighted by Gasteiger charge is -2.27. The van der Waals surface area contributed by atoms with E-state index < -0.39 is 0 Å². The van der Waals surface area contributed by atoms with Gasteiger partial charge in [-0.3, -0.25) is 9.89 Å². The summed E-state index contributed by atoms with van der Waals surface area (Å²) in [6, 6.07) is 23.2. The Morgan fingerprint density at radius 2 is 1.72 bits per heavy atom. The summed E-state index contributed by atoms with van der Waals surface area (Å²) in [5, 5.41) is 7.57. The molecule has 1 aliphatic rings. The number of methoxy groups -OCH3 is 2. The number of nitrogens with zero attached hydrogens (tertiary/aromatic N) is 2. The first kappa shape index (κ1) is 23.5. The summed E-state index contributed by atoms with van der Waals surface area (Å²) in [5.74, 6) is 2.00. The van der Waals surface area contributed by atoms with E-state index in [0.29, 0.717) is 30.3 Å². The van der Waals surface area contributed by atoms with Crippen LogP contribution in [0.25, 0.3) is 11.3 Å². The van der Waals surface area contributed by atoms with Crippen molar-refractivity contribution in [3.05, 3.63) is 95.2 Å². The van der Waals surface area contributed by atoms with Crippen LogP contribution in [0.5, 0.6) is 17.2 Å². The van der Waals surface area contributed by atoms with Crippen LogP contribution in [-0.2, 0) is 6.54 Å². The summed E-state index contributed by atoms with van der Waals surface area (Å²) in [6.45, 7) is 3.10. The van der Waals surface area contributed by atoms with Crippen LogP contribution in [0.3, 0.4) is 0 Å². The first-order valence-electron chi connectivity index (χ1n) is 12.0. The number of amides is 1. The maximum absolute atomic E-state index is 13.7. The summed E-state index contributed by atoms with van der Waals surface area (Å²) in [5.41, 5.74) is 5.03. The highest BCUT2D eigenvalue weighted by Gasteiger charge is 2.42. The number of hydrogen-bond acceptors (Lipinski definition) is 5. The van der Waals surface area contributed by atoms with Gasteiger partial charge in [-0.15, -0.1) is 0 Å². The van der Waals surface area contributed by atoms with E-state index in [9.17, 15) is 4.79 Å². The van der Waals surface area contributed by atoms with Gasteiger partial charge in [0.2, 0.25) is 0 Å². The van der Waals surface area contributed by atoms with Crippen molar-refractivity contribution >= 4 is 5.91 Å². The van der Waals surface area contributed by atoms with E-state index in [0.717, 1.165) is 40.1 Å². The highest BCUT2D eigenvalue weighted by atomic mass is 16.5. The molecule has 36 heavy (non-hydrogen) atoms. The minimum Gasteiger partial charge on any atom is -0.497 e. The number of aromatic amines is 1. The van der Waals surface area contributed by atoms with Crippen LogP contribution < -0.4 is 14.2 Å². The van der Waals surface area contributed by atoms with Gasteiger partial charge in [0.25, 0.3) is 5.91 Å². The van der Waals surface area contributed by atoms with Gasteiger partial charge in [-0.25, -0.2) is 0 Å². The maximum atomic E-state index is 13.7. The lowest BCUT2D eigenvalue weighted by Crippen LogP contribution is -2.29. The van der Waals surface area contributed by atoms with Gasteiger partial charge >= 0.3 is 0 Å². The average molecular weight is 484 g/mol. The highest BCUT2D eigenvalue weighted by Crippen LogP contribution is 2.45. The van der Waals surface area contributed by atoms with Crippen molar-refractivity contribution < 1.29 is 19.0 Å².